The van der Waals surface area contributed by atoms with Crippen LogP contribution in [0.1, 0.15) is 17.2 Å². The molecule has 1 N–H and O–H groups in total. The fraction of sp³-hybridized carbons (Fsp3) is 0.143. The van der Waals surface area contributed by atoms with E-state index < -0.39 is 6.10 Å². The van der Waals surface area contributed by atoms with E-state index >= 15 is 0 Å². The Kier molecular flexibility index (Phi) is 4.90. The van der Waals surface area contributed by atoms with E-state index in [2.05, 4.69) is 31.9 Å². The van der Waals surface area contributed by atoms with Gasteiger partial charge in [0.05, 0.1) is 12.1 Å². The molecule has 1 atom stereocenters. The minimum absolute atomic E-state index is 0.474. The first kappa shape index (κ1) is 14.9. The third-order valence-electron chi connectivity index (χ3n) is 2.76. The zero-order chi connectivity index (χ0) is 14.0. The quantitative estimate of drug-likeness (QED) is 0.781. The Bertz CT molecular complexity index is 602. The second kappa shape index (κ2) is 6.27. The van der Waals surface area contributed by atoms with Crippen LogP contribution in [0.4, 0.5) is 0 Å². The summed E-state index contributed by atoms with van der Waals surface area (Å²) in [6.45, 7) is 0. The van der Waals surface area contributed by atoms with Crippen molar-refractivity contribution in [2.24, 2.45) is 0 Å². The Balaban J connectivity index is 2.41. The normalized spacial score (nSPS) is 12.3. The number of methoxy groups -OCH3 is 1. The molecule has 0 heterocycles. The van der Waals surface area contributed by atoms with Crippen molar-refractivity contribution in [2.45, 2.75) is 6.10 Å². The van der Waals surface area contributed by atoms with Crippen LogP contribution in [0, 0.1) is 0 Å². The van der Waals surface area contributed by atoms with E-state index in [0.717, 1.165) is 14.5 Å². The van der Waals surface area contributed by atoms with Gasteiger partial charge in [-0.25, -0.2) is 0 Å². The molecule has 0 bridgehead atoms. The number of hydrogen-bond acceptors (Lipinski definition) is 2. The molecule has 0 aliphatic rings. The lowest BCUT2D eigenvalue weighted by molar-refractivity contribution is 0.219. The summed E-state index contributed by atoms with van der Waals surface area (Å²) in [5.74, 6) is 0.663. The molecule has 19 heavy (non-hydrogen) atoms. The Labute approximate surface area is 133 Å². The van der Waals surface area contributed by atoms with Crippen LogP contribution >= 0.6 is 43.5 Å². The number of hydrogen-bond donors (Lipinski definition) is 1. The third kappa shape index (κ3) is 3.31. The van der Waals surface area contributed by atoms with Crippen molar-refractivity contribution in [1.29, 1.82) is 0 Å². The molecule has 0 aromatic heterocycles. The highest BCUT2D eigenvalue weighted by atomic mass is 79.9. The van der Waals surface area contributed by atoms with E-state index in [1.54, 1.807) is 25.3 Å². The molecule has 0 aliphatic carbocycles. The summed E-state index contributed by atoms with van der Waals surface area (Å²) in [6, 6.07) is 10.8. The molecule has 2 rings (SSSR count). The summed E-state index contributed by atoms with van der Waals surface area (Å²) in [7, 11) is 1.58. The molecule has 0 spiro atoms. The maximum absolute atomic E-state index is 10.4. The van der Waals surface area contributed by atoms with E-state index in [1.165, 1.54) is 0 Å². The average molecular weight is 407 g/mol. The first-order valence-corrected chi connectivity index (χ1v) is 7.45. The highest BCUT2D eigenvalue weighted by Crippen LogP contribution is 2.35. The predicted molar refractivity (Wildman–Crippen MR) is 83.9 cm³/mol. The molecular formula is C14H11Br2ClO2. The van der Waals surface area contributed by atoms with Gasteiger partial charge in [0.25, 0.3) is 0 Å². The van der Waals surface area contributed by atoms with Crippen molar-refractivity contribution in [3.8, 4) is 5.75 Å². The Morgan fingerprint density at radius 3 is 2.37 bits per heavy atom. The van der Waals surface area contributed by atoms with E-state index in [4.69, 9.17) is 16.3 Å². The van der Waals surface area contributed by atoms with Gasteiger partial charge in [0, 0.05) is 14.5 Å². The van der Waals surface area contributed by atoms with E-state index in [0.29, 0.717) is 16.3 Å². The van der Waals surface area contributed by atoms with Crippen LogP contribution < -0.4 is 4.74 Å². The highest BCUT2D eigenvalue weighted by Gasteiger charge is 2.17. The molecule has 0 aliphatic heterocycles. The van der Waals surface area contributed by atoms with Crippen LogP contribution in [-0.2, 0) is 0 Å². The lowest BCUT2D eigenvalue weighted by atomic mass is 10.0. The van der Waals surface area contributed by atoms with Crippen LogP contribution in [0.2, 0.25) is 5.02 Å². The summed E-state index contributed by atoms with van der Waals surface area (Å²) in [5.41, 5.74) is 1.40. The Morgan fingerprint density at radius 2 is 1.79 bits per heavy atom. The lowest BCUT2D eigenvalue weighted by Crippen LogP contribution is -2.01. The van der Waals surface area contributed by atoms with Crippen LogP contribution in [0.5, 0.6) is 5.75 Å². The van der Waals surface area contributed by atoms with Crippen molar-refractivity contribution in [1.82, 2.24) is 0 Å². The number of benzene rings is 2. The zero-order valence-electron chi connectivity index (χ0n) is 10.0. The maximum Gasteiger partial charge on any atom is 0.120 e. The molecule has 100 valence electrons. The maximum atomic E-state index is 10.4. The summed E-state index contributed by atoms with van der Waals surface area (Å²) in [6.07, 6.45) is -0.791. The van der Waals surface area contributed by atoms with E-state index in [9.17, 15) is 5.11 Å². The number of aliphatic hydroxyl groups excluding tert-OH is 1. The summed E-state index contributed by atoms with van der Waals surface area (Å²) in [5, 5.41) is 10.9. The van der Waals surface area contributed by atoms with Gasteiger partial charge >= 0.3 is 0 Å². The molecule has 0 radical (unpaired) electrons. The van der Waals surface area contributed by atoms with Crippen molar-refractivity contribution in [2.75, 3.05) is 7.11 Å². The monoisotopic (exact) mass is 404 g/mol. The van der Waals surface area contributed by atoms with Gasteiger partial charge in [-0.15, -0.1) is 0 Å². The second-order valence-corrected chi connectivity index (χ2v) is 6.13. The van der Waals surface area contributed by atoms with E-state index in [1.807, 2.05) is 18.2 Å². The minimum Gasteiger partial charge on any atom is -0.497 e. The Morgan fingerprint density at radius 1 is 1.11 bits per heavy atom. The molecule has 5 heteroatoms. The van der Waals surface area contributed by atoms with Gasteiger partial charge in [-0.2, -0.15) is 0 Å². The van der Waals surface area contributed by atoms with Gasteiger partial charge in [-0.3, -0.25) is 0 Å². The molecule has 1 unspecified atom stereocenters. The first-order valence-electron chi connectivity index (χ1n) is 5.49. The van der Waals surface area contributed by atoms with Crippen LogP contribution in [0.15, 0.2) is 45.3 Å². The number of aliphatic hydroxyl groups is 1. The smallest absolute Gasteiger partial charge is 0.120 e. The summed E-state index contributed by atoms with van der Waals surface area (Å²) < 4.78 is 6.85. The molecule has 2 aromatic carbocycles. The number of halogens is 3. The molecule has 0 saturated carbocycles. The lowest BCUT2D eigenvalue weighted by Gasteiger charge is -2.15. The number of rotatable bonds is 3. The Hall–Kier alpha value is -0.550. The van der Waals surface area contributed by atoms with Crippen molar-refractivity contribution < 1.29 is 9.84 Å². The molecule has 0 fully saturated rings. The predicted octanol–water partition coefficient (Wildman–Crippen LogP) is 4.96. The topological polar surface area (TPSA) is 29.5 Å². The van der Waals surface area contributed by atoms with Crippen molar-refractivity contribution in [3.05, 3.63) is 61.5 Å². The van der Waals surface area contributed by atoms with Crippen LogP contribution in [0.3, 0.4) is 0 Å². The van der Waals surface area contributed by atoms with Gasteiger partial charge in [0.2, 0.25) is 0 Å². The van der Waals surface area contributed by atoms with E-state index in [-0.39, 0.29) is 0 Å². The molecule has 0 amide bonds. The number of ether oxygens (including phenoxy) is 1. The van der Waals surface area contributed by atoms with Gasteiger partial charge < -0.3 is 9.84 Å². The van der Waals surface area contributed by atoms with Gasteiger partial charge in [-0.05, 0) is 29.8 Å². The van der Waals surface area contributed by atoms with Gasteiger partial charge in [-0.1, -0.05) is 55.6 Å². The minimum atomic E-state index is -0.791. The van der Waals surface area contributed by atoms with Crippen LogP contribution in [-0.4, -0.2) is 12.2 Å². The average Bonchev–Trinajstić information content (AvgIpc) is 2.37. The fourth-order valence-corrected chi connectivity index (χ4v) is 3.29. The second-order valence-electron chi connectivity index (χ2n) is 3.96. The fourth-order valence-electron chi connectivity index (χ4n) is 1.75. The molecule has 2 nitrogen and oxygen atoms in total. The third-order valence-corrected chi connectivity index (χ3v) is 4.27. The highest BCUT2D eigenvalue weighted by molar-refractivity contribution is 9.11. The van der Waals surface area contributed by atoms with Gasteiger partial charge in [0.1, 0.15) is 11.9 Å². The van der Waals surface area contributed by atoms with Crippen molar-refractivity contribution in [3.63, 3.8) is 0 Å². The van der Waals surface area contributed by atoms with Crippen LogP contribution in [0.25, 0.3) is 0 Å². The standard InChI is InChI=1S/C14H11Br2ClO2/c1-19-9-3-5-11(13(17)7-9)14(18)10-4-2-8(15)6-12(10)16/h2-7,14,18H,1H3. The zero-order valence-corrected chi connectivity index (χ0v) is 14.0. The summed E-state index contributed by atoms with van der Waals surface area (Å²) >= 11 is 13.0. The largest absolute Gasteiger partial charge is 0.497 e. The molecule has 2 aromatic rings. The molecular weight excluding hydrogens is 395 g/mol. The van der Waals surface area contributed by atoms with Crippen molar-refractivity contribution >= 4 is 43.5 Å². The van der Waals surface area contributed by atoms with Gasteiger partial charge in [0.15, 0.2) is 0 Å². The summed E-state index contributed by atoms with van der Waals surface area (Å²) in [4.78, 5) is 0. The first-order chi connectivity index (χ1) is 9.02. The SMILES string of the molecule is COc1ccc(C(O)c2ccc(Br)cc2Br)c(Cl)c1. The molecule has 0 saturated heterocycles.